The van der Waals surface area contributed by atoms with E-state index in [4.69, 9.17) is 10.5 Å². The van der Waals surface area contributed by atoms with Gasteiger partial charge in [0.15, 0.2) is 0 Å². The van der Waals surface area contributed by atoms with Crippen molar-refractivity contribution in [2.24, 2.45) is 11.1 Å². The summed E-state index contributed by atoms with van der Waals surface area (Å²) >= 11 is 0. The van der Waals surface area contributed by atoms with E-state index in [0.717, 1.165) is 6.42 Å². The molecule has 0 saturated carbocycles. The van der Waals surface area contributed by atoms with Crippen molar-refractivity contribution in [3.05, 3.63) is 48.0 Å². The summed E-state index contributed by atoms with van der Waals surface area (Å²) in [7, 11) is 0. The molecule has 0 bridgehead atoms. The van der Waals surface area contributed by atoms with E-state index >= 15 is 0 Å². The smallest absolute Gasteiger partial charge is 0.227 e. The summed E-state index contributed by atoms with van der Waals surface area (Å²) < 4.78 is 5.36. The number of benzene rings is 2. The number of carbonyl (C=O) groups excluding carboxylic acids is 1. The highest BCUT2D eigenvalue weighted by atomic mass is 16.5. The molecular formula is C19H24N2O2. The van der Waals surface area contributed by atoms with Crippen LogP contribution in [0.2, 0.25) is 0 Å². The first kappa shape index (κ1) is 16.0. The lowest BCUT2D eigenvalue weighted by Crippen LogP contribution is -2.49. The Hall–Kier alpha value is -1.91. The maximum absolute atomic E-state index is 12.5. The second-order valence-electron chi connectivity index (χ2n) is 6.28. The number of hydrogen-bond acceptors (Lipinski definition) is 3. The quantitative estimate of drug-likeness (QED) is 0.890. The second-order valence-corrected chi connectivity index (χ2v) is 6.28. The normalized spacial score (nSPS) is 17.1. The van der Waals surface area contributed by atoms with E-state index < -0.39 is 5.41 Å². The Morgan fingerprint density at radius 2 is 1.87 bits per heavy atom. The highest BCUT2D eigenvalue weighted by molar-refractivity contribution is 5.84. The first-order valence-corrected chi connectivity index (χ1v) is 8.27. The molecule has 0 aromatic heterocycles. The Morgan fingerprint density at radius 1 is 1.13 bits per heavy atom. The average Bonchev–Trinajstić information content (AvgIpc) is 2.62. The fourth-order valence-corrected chi connectivity index (χ4v) is 3.19. The number of rotatable bonds is 5. The van der Waals surface area contributed by atoms with Crippen molar-refractivity contribution in [2.75, 3.05) is 26.3 Å². The minimum atomic E-state index is -0.443. The van der Waals surface area contributed by atoms with E-state index in [9.17, 15) is 4.79 Å². The predicted octanol–water partition coefficient (Wildman–Crippen LogP) is 2.25. The molecule has 3 rings (SSSR count). The lowest BCUT2D eigenvalue weighted by molar-refractivity contribution is -0.135. The van der Waals surface area contributed by atoms with Gasteiger partial charge in [0.25, 0.3) is 0 Å². The molecule has 1 amide bonds. The van der Waals surface area contributed by atoms with Gasteiger partial charge in [-0.3, -0.25) is 4.79 Å². The Morgan fingerprint density at radius 3 is 2.61 bits per heavy atom. The molecular weight excluding hydrogens is 288 g/mol. The second kappa shape index (κ2) is 7.11. The first-order chi connectivity index (χ1) is 11.2. The van der Waals surface area contributed by atoms with Gasteiger partial charge >= 0.3 is 0 Å². The van der Waals surface area contributed by atoms with E-state index in [1.165, 1.54) is 16.3 Å². The number of amides is 1. The minimum Gasteiger partial charge on any atom is -0.381 e. The van der Waals surface area contributed by atoms with Gasteiger partial charge in [-0.15, -0.1) is 0 Å². The van der Waals surface area contributed by atoms with Crippen molar-refractivity contribution >= 4 is 16.7 Å². The third kappa shape index (κ3) is 3.54. The molecule has 4 nitrogen and oxygen atoms in total. The summed E-state index contributed by atoms with van der Waals surface area (Å²) in [6.07, 6.45) is 2.25. The molecule has 0 radical (unpaired) electrons. The number of ether oxygens (including phenoxy) is 1. The highest BCUT2D eigenvalue weighted by Gasteiger charge is 2.38. The van der Waals surface area contributed by atoms with Crippen LogP contribution >= 0.6 is 0 Å². The molecule has 3 N–H and O–H groups in total. The molecule has 2 aromatic carbocycles. The molecule has 1 heterocycles. The van der Waals surface area contributed by atoms with Crippen molar-refractivity contribution in [3.63, 3.8) is 0 Å². The molecule has 0 atom stereocenters. The van der Waals surface area contributed by atoms with Gasteiger partial charge in [0, 0.05) is 26.3 Å². The third-order valence-electron chi connectivity index (χ3n) is 4.84. The fraction of sp³-hybridized carbons (Fsp3) is 0.421. The van der Waals surface area contributed by atoms with Crippen LogP contribution < -0.4 is 11.1 Å². The Balaban J connectivity index is 1.58. The molecule has 1 saturated heterocycles. The van der Waals surface area contributed by atoms with Crippen molar-refractivity contribution in [3.8, 4) is 0 Å². The number of hydrogen-bond donors (Lipinski definition) is 2. The molecule has 1 aliphatic heterocycles. The van der Waals surface area contributed by atoms with Crippen molar-refractivity contribution < 1.29 is 9.53 Å². The van der Waals surface area contributed by atoms with Crippen LogP contribution in [0, 0.1) is 5.41 Å². The topological polar surface area (TPSA) is 64.4 Å². The molecule has 1 fully saturated rings. The Kier molecular flexibility index (Phi) is 4.94. The van der Waals surface area contributed by atoms with E-state index in [0.29, 0.717) is 39.1 Å². The Bertz CT molecular complexity index is 678. The SMILES string of the molecule is NCC1(C(=O)NCCc2ccc3ccccc3c2)CCOCC1. The monoisotopic (exact) mass is 312 g/mol. The zero-order valence-corrected chi connectivity index (χ0v) is 13.4. The standard InChI is InChI=1S/C19H24N2O2/c20-14-19(8-11-23-12-9-19)18(22)21-10-7-15-5-6-16-3-1-2-4-17(16)13-15/h1-6,13H,7-12,14,20H2,(H,21,22). The Labute approximate surface area is 137 Å². The van der Waals surface area contributed by atoms with Crippen LogP contribution in [-0.2, 0) is 16.0 Å². The zero-order valence-electron chi connectivity index (χ0n) is 13.4. The molecule has 4 heteroatoms. The number of fused-ring (bicyclic) bond motifs is 1. The summed E-state index contributed by atoms with van der Waals surface area (Å²) in [6.45, 7) is 2.27. The molecule has 2 aromatic rings. The lowest BCUT2D eigenvalue weighted by Gasteiger charge is -2.34. The van der Waals surface area contributed by atoms with E-state index in [-0.39, 0.29) is 5.91 Å². The van der Waals surface area contributed by atoms with Crippen LogP contribution in [0.4, 0.5) is 0 Å². The maximum atomic E-state index is 12.5. The van der Waals surface area contributed by atoms with Gasteiger partial charge in [-0.05, 0) is 35.6 Å². The molecule has 1 aliphatic rings. The maximum Gasteiger partial charge on any atom is 0.227 e. The predicted molar refractivity (Wildman–Crippen MR) is 92.2 cm³/mol. The van der Waals surface area contributed by atoms with Gasteiger partial charge in [-0.2, -0.15) is 0 Å². The van der Waals surface area contributed by atoms with E-state index in [1.807, 2.05) is 12.1 Å². The van der Waals surface area contributed by atoms with Crippen molar-refractivity contribution in [1.29, 1.82) is 0 Å². The highest BCUT2D eigenvalue weighted by Crippen LogP contribution is 2.29. The molecule has 122 valence electrons. The van der Waals surface area contributed by atoms with E-state index in [1.54, 1.807) is 0 Å². The molecule has 0 unspecified atom stereocenters. The van der Waals surface area contributed by atoms with Gasteiger partial charge < -0.3 is 15.8 Å². The number of carbonyl (C=O) groups is 1. The van der Waals surface area contributed by atoms with Gasteiger partial charge in [0.1, 0.15) is 0 Å². The van der Waals surface area contributed by atoms with Crippen LogP contribution in [0.3, 0.4) is 0 Å². The molecule has 23 heavy (non-hydrogen) atoms. The fourth-order valence-electron chi connectivity index (χ4n) is 3.19. The van der Waals surface area contributed by atoms with Crippen LogP contribution in [-0.4, -0.2) is 32.2 Å². The van der Waals surface area contributed by atoms with Crippen LogP contribution in [0.1, 0.15) is 18.4 Å². The minimum absolute atomic E-state index is 0.0732. The molecule has 0 spiro atoms. The number of nitrogens with one attached hydrogen (secondary N) is 1. The summed E-state index contributed by atoms with van der Waals surface area (Å²) in [5.74, 6) is 0.0732. The van der Waals surface area contributed by atoms with Gasteiger partial charge in [0.05, 0.1) is 5.41 Å². The molecule has 0 aliphatic carbocycles. The summed E-state index contributed by atoms with van der Waals surface area (Å²) in [5, 5.41) is 5.54. The van der Waals surface area contributed by atoms with Crippen LogP contribution in [0.15, 0.2) is 42.5 Å². The van der Waals surface area contributed by atoms with Crippen LogP contribution in [0.25, 0.3) is 10.8 Å². The van der Waals surface area contributed by atoms with Crippen LogP contribution in [0.5, 0.6) is 0 Å². The average molecular weight is 312 g/mol. The van der Waals surface area contributed by atoms with Gasteiger partial charge in [0.2, 0.25) is 5.91 Å². The summed E-state index contributed by atoms with van der Waals surface area (Å²) in [6, 6.07) is 14.8. The van der Waals surface area contributed by atoms with Gasteiger partial charge in [-0.25, -0.2) is 0 Å². The summed E-state index contributed by atoms with van der Waals surface area (Å²) in [5.41, 5.74) is 6.66. The van der Waals surface area contributed by atoms with Crippen molar-refractivity contribution in [2.45, 2.75) is 19.3 Å². The van der Waals surface area contributed by atoms with Gasteiger partial charge in [-0.1, -0.05) is 42.5 Å². The van der Waals surface area contributed by atoms with E-state index in [2.05, 4.69) is 35.6 Å². The third-order valence-corrected chi connectivity index (χ3v) is 4.84. The first-order valence-electron chi connectivity index (χ1n) is 8.27. The lowest BCUT2D eigenvalue weighted by atomic mass is 9.79. The van der Waals surface area contributed by atoms with Crippen molar-refractivity contribution in [1.82, 2.24) is 5.32 Å². The number of nitrogens with two attached hydrogens (primary N) is 1. The largest absolute Gasteiger partial charge is 0.381 e. The zero-order chi connectivity index (χ0) is 16.1. The summed E-state index contributed by atoms with van der Waals surface area (Å²) in [4.78, 5) is 12.5.